The Labute approximate surface area is 153 Å². The Morgan fingerprint density at radius 1 is 1.42 bits per heavy atom. The van der Waals surface area contributed by atoms with Crippen LogP contribution in [0, 0.1) is 17.3 Å². The number of aliphatic hydroxyl groups is 2. The second-order valence-corrected chi connectivity index (χ2v) is 8.47. The number of fused-ring (bicyclic) bond motifs is 3. The van der Waals surface area contributed by atoms with Crippen molar-refractivity contribution in [2.24, 2.45) is 17.3 Å². The highest BCUT2D eigenvalue weighted by Gasteiger charge is 2.70. The van der Waals surface area contributed by atoms with E-state index in [1.54, 1.807) is 27.7 Å². The minimum atomic E-state index is -1.53. The standard InChI is InChI=1S/C20H28O6/c1-10(2)8-15(22)25-13-9-19(5)14(21)7-6-11(3)20(19,24)17-16(13)12(4)18(23)26-17/h8,12-14,16-17,21,24H,3,6-7,9H2,1-2,4-5H3. The topological polar surface area (TPSA) is 93.1 Å². The van der Waals surface area contributed by atoms with Gasteiger partial charge in [0.25, 0.3) is 0 Å². The highest BCUT2D eigenvalue weighted by molar-refractivity contribution is 5.83. The Balaban J connectivity index is 2.04. The summed E-state index contributed by atoms with van der Waals surface area (Å²) in [5.74, 6) is -1.89. The van der Waals surface area contributed by atoms with Gasteiger partial charge in [0.2, 0.25) is 0 Å². The molecule has 7 atom stereocenters. The smallest absolute Gasteiger partial charge is 0.330 e. The molecule has 0 radical (unpaired) electrons. The van der Waals surface area contributed by atoms with E-state index in [1.807, 2.05) is 0 Å². The van der Waals surface area contributed by atoms with Gasteiger partial charge < -0.3 is 19.7 Å². The zero-order valence-electron chi connectivity index (χ0n) is 15.8. The van der Waals surface area contributed by atoms with Gasteiger partial charge in [0.05, 0.1) is 12.0 Å². The van der Waals surface area contributed by atoms with E-state index in [9.17, 15) is 19.8 Å². The maximum Gasteiger partial charge on any atom is 0.330 e. The van der Waals surface area contributed by atoms with Gasteiger partial charge in [0, 0.05) is 17.4 Å². The van der Waals surface area contributed by atoms with E-state index in [-0.39, 0.29) is 6.42 Å². The number of ether oxygens (including phenoxy) is 2. The molecular weight excluding hydrogens is 336 g/mol. The lowest BCUT2D eigenvalue weighted by Crippen LogP contribution is -2.70. The molecular formula is C20H28O6. The minimum Gasteiger partial charge on any atom is -0.459 e. The first kappa shape index (κ1) is 19.1. The Morgan fingerprint density at radius 3 is 2.69 bits per heavy atom. The summed E-state index contributed by atoms with van der Waals surface area (Å²) in [7, 11) is 0. The zero-order valence-corrected chi connectivity index (χ0v) is 15.8. The molecule has 3 rings (SSSR count). The Kier molecular flexibility index (Phi) is 4.56. The first-order valence-electron chi connectivity index (χ1n) is 9.17. The average molecular weight is 364 g/mol. The van der Waals surface area contributed by atoms with E-state index < -0.39 is 53.1 Å². The maximum absolute atomic E-state index is 12.3. The number of carbonyl (C=O) groups is 2. The second-order valence-electron chi connectivity index (χ2n) is 8.47. The molecule has 0 amide bonds. The van der Waals surface area contributed by atoms with Crippen molar-refractivity contribution in [3.05, 3.63) is 23.8 Å². The summed E-state index contributed by atoms with van der Waals surface area (Å²) in [6.07, 6.45) is 0.257. The van der Waals surface area contributed by atoms with Gasteiger partial charge in [-0.25, -0.2) is 4.79 Å². The van der Waals surface area contributed by atoms with Gasteiger partial charge in [0.1, 0.15) is 17.8 Å². The van der Waals surface area contributed by atoms with Crippen molar-refractivity contribution < 1.29 is 29.3 Å². The minimum absolute atomic E-state index is 0.244. The molecule has 2 N–H and O–H groups in total. The van der Waals surface area contributed by atoms with Crippen LogP contribution in [0.25, 0.3) is 0 Å². The van der Waals surface area contributed by atoms with Crippen LogP contribution in [0.4, 0.5) is 0 Å². The summed E-state index contributed by atoms with van der Waals surface area (Å²) in [4.78, 5) is 24.5. The van der Waals surface area contributed by atoms with Gasteiger partial charge in [-0.3, -0.25) is 4.79 Å². The first-order chi connectivity index (χ1) is 12.0. The van der Waals surface area contributed by atoms with Crippen LogP contribution in [0.3, 0.4) is 0 Å². The summed E-state index contributed by atoms with van der Waals surface area (Å²) in [5, 5.41) is 22.3. The number of hydrogen-bond acceptors (Lipinski definition) is 6. The molecule has 3 aliphatic rings. The van der Waals surface area contributed by atoms with E-state index >= 15 is 0 Å². The molecule has 1 heterocycles. The van der Waals surface area contributed by atoms with Gasteiger partial charge in [-0.2, -0.15) is 0 Å². The molecule has 1 aliphatic heterocycles. The van der Waals surface area contributed by atoms with E-state index in [0.29, 0.717) is 18.4 Å². The number of allylic oxidation sites excluding steroid dienone is 1. The maximum atomic E-state index is 12.3. The average Bonchev–Trinajstić information content (AvgIpc) is 2.83. The van der Waals surface area contributed by atoms with Crippen LogP contribution in [0.15, 0.2) is 23.8 Å². The summed E-state index contributed by atoms with van der Waals surface area (Å²) >= 11 is 0. The fourth-order valence-electron chi connectivity index (χ4n) is 5.00. The van der Waals surface area contributed by atoms with Gasteiger partial charge >= 0.3 is 11.9 Å². The van der Waals surface area contributed by atoms with Crippen molar-refractivity contribution in [3.8, 4) is 0 Å². The van der Waals surface area contributed by atoms with Crippen molar-refractivity contribution in [1.29, 1.82) is 0 Å². The zero-order chi connectivity index (χ0) is 19.4. The summed E-state index contributed by atoms with van der Waals surface area (Å²) in [5.41, 5.74) is -1.17. The van der Waals surface area contributed by atoms with Gasteiger partial charge in [0.15, 0.2) is 0 Å². The predicted molar refractivity (Wildman–Crippen MR) is 93.9 cm³/mol. The third-order valence-corrected chi connectivity index (χ3v) is 6.55. The number of esters is 2. The Bertz CT molecular complexity index is 678. The van der Waals surface area contributed by atoms with Crippen LogP contribution >= 0.6 is 0 Å². The molecule has 6 nitrogen and oxygen atoms in total. The summed E-state index contributed by atoms with van der Waals surface area (Å²) < 4.78 is 11.2. The third kappa shape index (κ3) is 2.54. The lowest BCUT2D eigenvalue weighted by Gasteiger charge is -2.59. The van der Waals surface area contributed by atoms with Gasteiger partial charge in [-0.15, -0.1) is 0 Å². The molecule has 26 heavy (non-hydrogen) atoms. The lowest BCUT2D eigenvalue weighted by molar-refractivity contribution is -0.240. The largest absolute Gasteiger partial charge is 0.459 e. The molecule has 0 aromatic heterocycles. The van der Waals surface area contributed by atoms with E-state index in [1.165, 1.54) is 6.08 Å². The number of carbonyl (C=O) groups excluding carboxylic acids is 2. The van der Waals surface area contributed by atoms with Gasteiger partial charge in [-0.05, 0) is 38.7 Å². The van der Waals surface area contributed by atoms with Crippen molar-refractivity contribution in [1.82, 2.24) is 0 Å². The van der Waals surface area contributed by atoms with Crippen molar-refractivity contribution in [2.45, 2.75) is 70.9 Å². The third-order valence-electron chi connectivity index (χ3n) is 6.55. The van der Waals surface area contributed by atoms with E-state index in [2.05, 4.69) is 6.58 Å². The number of rotatable bonds is 2. The van der Waals surface area contributed by atoms with Gasteiger partial charge in [-0.1, -0.05) is 26.0 Å². The SMILES string of the molecule is C=C1CCC(O)C2(C)CC(OC(=O)C=C(C)C)C3C(C)C(=O)OC3C12O. The molecule has 0 aromatic carbocycles. The lowest BCUT2D eigenvalue weighted by atomic mass is 9.50. The van der Waals surface area contributed by atoms with Crippen molar-refractivity contribution in [3.63, 3.8) is 0 Å². The van der Waals surface area contributed by atoms with Crippen LogP contribution in [0.2, 0.25) is 0 Å². The second kappa shape index (κ2) is 6.20. The van der Waals surface area contributed by atoms with Crippen LogP contribution in [-0.4, -0.2) is 46.1 Å². The van der Waals surface area contributed by atoms with Crippen LogP contribution in [0.1, 0.15) is 47.0 Å². The van der Waals surface area contributed by atoms with Crippen molar-refractivity contribution >= 4 is 11.9 Å². The molecule has 0 bridgehead atoms. The van der Waals surface area contributed by atoms with E-state index in [4.69, 9.17) is 9.47 Å². The fraction of sp³-hybridized carbons (Fsp3) is 0.700. The first-order valence-corrected chi connectivity index (χ1v) is 9.17. The molecule has 3 fully saturated rings. The Hall–Kier alpha value is -1.66. The fourth-order valence-corrected chi connectivity index (χ4v) is 5.00. The highest BCUT2D eigenvalue weighted by Crippen LogP contribution is 2.60. The summed E-state index contributed by atoms with van der Waals surface area (Å²) in [6.45, 7) is 11.1. The Morgan fingerprint density at radius 2 is 2.08 bits per heavy atom. The quantitative estimate of drug-likeness (QED) is 0.442. The molecule has 2 saturated carbocycles. The molecule has 1 saturated heterocycles. The molecule has 0 aromatic rings. The molecule has 7 unspecified atom stereocenters. The molecule has 6 heteroatoms. The van der Waals surface area contributed by atoms with Crippen LogP contribution < -0.4 is 0 Å². The molecule has 144 valence electrons. The number of hydrogen-bond donors (Lipinski definition) is 2. The van der Waals surface area contributed by atoms with Crippen LogP contribution in [-0.2, 0) is 19.1 Å². The summed E-state index contributed by atoms with van der Waals surface area (Å²) in [6, 6.07) is 0. The molecule has 0 spiro atoms. The monoisotopic (exact) mass is 364 g/mol. The molecule has 2 aliphatic carbocycles. The highest BCUT2D eigenvalue weighted by atomic mass is 16.6. The predicted octanol–water partition coefficient (Wildman–Crippen LogP) is 1.89. The van der Waals surface area contributed by atoms with Crippen molar-refractivity contribution in [2.75, 3.05) is 0 Å². The van der Waals surface area contributed by atoms with E-state index in [0.717, 1.165) is 5.57 Å². The number of aliphatic hydroxyl groups excluding tert-OH is 1. The van der Waals surface area contributed by atoms with Crippen LogP contribution in [0.5, 0.6) is 0 Å². The normalized spacial score (nSPS) is 44.6.